The monoisotopic (exact) mass is 633 g/mol. The summed E-state index contributed by atoms with van der Waals surface area (Å²) in [5, 5.41) is 36.7. The molecule has 2 aromatic rings. The zero-order valence-corrected chi connectivity index (χ0v) is 27.2. The first-order valence-corrected chi connectivity index (χ1v) is 16.7. The second-order valence-corrected chi connectivity index (χ2v) is 14.6. The zero-order chi connectivity index (χ0) is 32.8. The summed E-state index contributed by atoms with van der Waals surface area (Å²) in [6, 6.07) is 13.4. The SMILES string of the molecule is Cc1ccc([C@@H]2O[C@H](S(C)(=O)=O)[C@@H](O)[C@H](O)[C@@H]2O)cc1Cc1ccc(CCCC(=O)NC(C)(C)C(=O)NCCN(C)C)cc1. The van der Waals surface area contributed by atoms with E-state index in [-0.39, 0.29) is 11.8 Å². The Morgan fingerprint density at radius 3 is 2.23 bits per heavy atom. The molecule has 0 unspecified atom stereocenters. The van der Waals surface area contributed by atoms with Crippen LogP contribution in [0, 0.1) is 6.92 Å². The number of amides is 2. The van der Waals surface area contributed by atoms with Crippen LogP contribution in [0.5, 0.6) is 0 Å². The standard InChI is InChI=1S/C32H47N3O8S/c1-20-10-15-23(29-27(38)26(37)28(39)30(43-29)44(6,41)42)19-24(20)18-22-13-11-21(12-14-22)8-7-9-25(36)34-32(2,3)31(40)33-16-17-35(4)5/h10-15,19,26-30,37-39H,7-9,16-18H2,1-6H3,(H,33,40)(H,34,36)/t26-,27+,28+,29+,30-/m1/s1. The van der Waals surface area contributed by atoms with E-state index in [2.05, 4.69) is 10.6 Å². The predicted octanol–water partition coefficient (Wildman–Crippen LogP) is 1.01. The molecule has 12 heteroatoms. The predicted molar refractivity (Wildman–Crippen MR) is 168 cm³/mol. The number of sulfone groups is 1. The molecule has 1 aliphatic rings. The lowest BCUT2D eigenvalue weighted by molar-refractivity contribution is -0.202. The average Bonchev–Trinajstić information content (AvgIpc) is 2.93. The van der Waals surface area contributed by atoms with Crippen molar-refractivity contribution in [1.29, 1.82) is 0 Å². The zero-order valence-electron chi connectivity index (χ0n) is 26.4. The number of ether oxygens (including phenoxy) is 1. The molecule has 244 valence electrons. The number of carbonyl (C=O) groups is 2. The molecule has 11 nitrogen and oxygen atoms in total. The van der Waals surface area contributed by atoms with E-state index < -0.39 is 45.2 Å². The largest absolute Gasteiger partial charge is 0.387 e. The number of likely N-dealkylation sites (N-methyl/N-ethyl adjacent to an activating group) is 1. The summed E-state index contributed by atoms with van der Waals surface area (Å²) in [5.41, 5.74) is 1.88. The number of aliphatic hydroxyl groups is 3. The molecule has 0 radical (unpaired) electrons. The molecule has 5 N–H and O–H groups in total. The van der Waals surface area contributed by atoms with Crippen molar-refractivity contribution in [2.75, 3.05) is 33.4 Å². The molecule has 0 bridgehead atoms. The van der Waals surface area contributed by atoms with Gasteiger partial charge in [-0.25, -0.2) is 8.42 Å². The van der Waals surface area contributed by atoms with Gasteiger partial charge >= 0.3 is 0 Å². The van der Waals surface area contributed by atoms with E-state index in [9.17, 15) is 33.3 Å². The van der Waals surface area contributed by atoms with Gasteiger partial charge in [-0.2, -0.15) is 0 Å². The number of aryl methyl sites for hydroxylation is 2. The second-order valence-electron chi connectivity index (χ2n) is 12.5. The third kappa shape index (κ3) is 9.56. The van der Waals surface area contributed by atoms with Gasteiger partial charge in [0.2, 0.25) is 11.8 Å². The minimum Gasteiger partial charge on any atom is -0.387 e. The Hall–Kier alpha value is -2.87. The smallest absolute Gasteiger partial charge is 0.245 e. The van der Waals surface area contributed by atoms with E-state index in [1.54, 1.807) is 19.9 Å². The fourth-order valence-electron chi connectivity index (χ4n) is 5.11. The molecule has 2 amide bonds. The van der Waals surface area contributed by atoms with Gasteiger partial charge < -0.3 is 35.6 Å². The number of aliphatic hydroxyl groups excluding tert-OH is 3. The van der Waals surface area contributed by atoms with E-state index in [1.807, 2.05) is 62.3 Å². The van der Waals surface area contributed by atoms with Crippen LogP contribution in [-0.2, 0) is 37.0 Å². The Morgan fingerprint density at radius 2 is 1.61 bits per heavy atom. The number of nitrogens with zero attached hydrogens (tertiary/aromatic N) is 1. The van der Waals surface area contributed by atoms with Gasteiger partial charge in [0.05, 0.1) is 0 Å². The Balaban J connectivity index is 1.57. The van der Waals surface area contributed by atoms with Crippen LogP contribution >= 0.6 is 0 Å². The van der Waals surface area contributed by atoms with Crippen molar-refractivity contribution in [3.8, 4) is 0 Å². The Labute approximate surface area is 260 Å². The lowest BCUT2D eigenvalue weighted by Gasteiger charge is -2.40. The van der Waals surface area contributed by atoms with Gasteiger partial charge in [0.25, 0.3) is 0 Å². The average molecular weight is 634 g/mol. The summed E-state index contributed by atoms with van der Waals surface area (Å²) in [6.45, 7) is 6.55. The molecule has 5 atom stereocenters. The van der Waals surface area contributed by atoms with Crippen LogP contribution in [0.15, 0.2) is 42.5 Å². The van der Waals surface area contributed by atoms with Gasteiger partial charge in [-0.3, -0.25) is 9.59 Å². The molecular weight excluding hydrogens is 586 g/mol. The minimum absolute atomic E-state index is 0.179. The normalized spacial score (nSPS) is 22.5. The maximum absolute atomic E-state index is 12.5. The van der Waals surface area contributed by atoms with Gasteiger partial charge in [-0.05, 0) is 81.9 Å². The van der Waals surface area contributed by atoms with Crippen molar-refractivity contribution in [3.63, 3.8) is 0 Å². The van der Waals surface area contributed by atoms with Crippen LogP contribution in [0.3, 0.4) is 0 Å². The van der Waals surface area contributed by atoms with Crippen LogP contribution in [0.25, 0.3) is 0 Å². The first-order chi connectivity index (χ1) is 20.5. The van der Waals surface area contributed by atoms with Gasteiger partial charge in [0, 0.05) is 25.8 Å². The third-order valence-electron chi connectivity index (χ3n) is 7.84. The number of carbonyl (C=O) groups excluding carboxylic acids is 2. The second kappa shape index (κ2) is 14.9. The number of hydrogen-bond acceptors (Lipinski definition) is 9. The van der Waals surface area contributed by atoms with Crippen LogP contribution in [0.4, 0.5) is 0 Å². The number of nitrogens with one attached hydrogen (secondary N) is 2. The summed E-state index contributed by atoms with van der Waals surface area (Å²) in [6.07, 6.45) is -2.97. The maximum Gasteiger partial charge on any atom is 0.245 e. The summed E-state index contributed by atoms with van der Waals surface area (Å²) in [7, 11) is -0.00633. The Bertz CT molecular complexity index is 1390. The molecule has 0 aliphatic carbocycles. The van der Waals surface area contributed by atoms with E-state index in [1.165, 1.54) is 0 Å². The van der Waals surface area contributed by atoms with Gasteiger partial charge in [-0.15, -0.1) is 0 Å². The van der Waals surface area contributed by atoms with Crippen molar-refractivity contribution in [3.05, 3.63) is 70.3 Å². The number of benzene rings is 2. The van der Waals surface area contributed by atoms with Crippen molar-refractivity contribution in [2.24, 2.45) is 0 Å². The van der Waals surface area contributed by atoms with Crippen LogP contribution in [-0.4, -0.2) is 103 Å². The summed E-state index contributed by atoms with van der Waals surface area (Å²) >= 11 is 0. The van der Waals surface area contributed by atoms with Crippen molar-refractivity contribution >= 4 is 21.7 Å². The lowest BCUT2D eigenvalue weighted by atomic mass is 9.91. The first kappa shape index (κ1) is 35.6. The minimum atomic E-state index is -3.86. The first-order valence-electron chi connectivity index (χ1n) is 14.8. The summed E-state index contributed by atoms with van der Waals surface area (Å²) < 4.78 is 29.9. The maximum atomic E-state index is 12.5. The number of rotatable bonds is 13. The fourth-order valence-corrected chi connectivity index (χ4v) is 6.10. The van der Waals surface area contributed by atoms with E-state index in [0.29, 0.717) is 44.3 Å². The van der Waals surface area contributed by atoms with Crippen molar-refractivity contribution in [2.45, 2.75) is 81.8 Å². The van der Waals surface area contributed by atoms with Crippen LogP contribution in [0.1, 0.15) is 60.6 Å². The molecule has 1 aliphatic heterocycles. The topological polar surface area (TPSA) is 166 Å². The molecule has 0 saturated carbocycles. The molecule has 2 aromatic carbocycles. The molecular formula is C32H47N3O8S. The fraction of sp³-hybridized carbons (Fsp3) is 0.562. The lowest BCUT2D eigenvalue weighted by Crippen LogP contribution is -2.56. The highest BCUT2D eigenvalue weighted by atomic mass is 32.2. The molecule has 0 spiro atoms. The van der Waals surface area contributed by atoms with E-state index in [4.69, 9.17) is 4.74 Å². The van der Waals surface area contributed by atoms with Gasteiger partial charge in [0.15, 0.2) is 15.3 Å². The Morgan fingerprint density at radius 1 is 0.977 bits per heavy atom. The number of hydrogen-bond donors (Lipinski definition) is 5. The molecule has 3 rings (SSSR count). The molecule has 1 saturated heterocycles. The van der Waals surface area contributed by atoms with Crippen molar-refractivity contribution < 1.29 is 38.1 Å². The summed E-state index contributed by atoms with van der Waals surface area (Å²) in [5.74, 6) is -0.400. The summed E-state index contributed by atoms with van der Waals surface area (Å²) in [4.78, 5) is 26.9. The van der Waals surface area contributed by atoms with Crippen LogP contribution in [0.2, 0.25) is 0 Å². The highest BCUT2D eigenvalue weighted by Gasteiger charge is 2.48. The quantitative estimate of drug-likeness (QED) is 0.216. The van der Waals surface area contributed by atoms with E-state index >= 15 is 0 Å². The molecule has 1 fully saturated rings. The highest BCUT2D eigenvalue weighted by molar-refractivity contribution is 7.91. The van der Waals surface area contributed by atoms with Crippen molar-refractivity contribution in [1.82, 2.24) is 15.5 Å². The van der Waals surface area contributed by atoms with E-state index in [0.717, 1.165) is 28.5 Å². The highest BCUT2D eigenvalue weighted by Crippen LogP contribution is 2.35. The molecule has 44 heavy (non-hydrogen) atoms. The Kier molecular flexibility index (Phi) is 12.1. The molecule has 0 aromatic heterocycles. The third-order valence-corrected chi connectivity index (χ3v) is 9.08. The van der Waals surface area contributed by atoms with Gasteiger partial charge in [0.1, 0.15) is 30.0 Å². The van der Waals surface area contributed by atoms with Gasteiger partial charge in [-0.1, -0.05) is 42.5 Å². The molecule has 1 heterocycles. The van der Waals surface area contributed by atoms with Crippen LogP contribution < -0.4 is 10.6 Å².